The van der Waals surface area contributed by atoms with Crippen LogP contribution in [0.25, 0.3) is 11.1 Å². The SMILES string of the molecule is C=CC(=O)c1ccc(-c2ccc(C3CCC(C4CCCCC4)CC3)cc2C)cc1. The molecule has 0 spiro atoms. The van der Waals surface area contributed by atoms with Gasteiger partial charge in [0, 0.05) is 5.56 Å². The molecule has 2 aliphatic carbocycles. The van der Waals surface area contributed by atoms with Crippen LogP contribution < -0.4 is 0 Å². The quantitative estimate of drug-likeness (QED) is 0.377. The summed E-state index contributed by atoms with van der Waals surface area (Å²) in [5.74, 6) is 2.72. The maximum Gasteiger partial charge on any atom is 0.185 e. The lowest BCUT2D eigenvalue weighted by atomic mass is 9.70. The van der Waals surface area contributed by atoms with Crippen molar-refractivity contribution in [3.8, 4) is 11.1 Å². The van der Waals surface area contributed by atoms with E-state index in [0.29, 0.717) is 5.56 Å². The van der Waals surface area contributed by atoms with Gasteiger partial charge in [0.05, 0.1) is 0 Å². The van der Waals surface area contributed by atoms with Crippen molar-refractivity contribution in [3.05, 3.63) is 71.8 Å². The molecule has 1 nitrogen and oxygen atoms in total. The zero-order valence-corrected chi connectivity index (χ0v) is 17.8. The lowest BCUT2D eigenvalue weighted by Gasteiger charge is -2.36. The second kappa shape index (κ2) is 9.11. The average Bonchev–Trinajstić information content (AvgIpc) is 2.79. The average molecular weight is 387 g/mol. The van der Waals surface area contributed by atoms with Gasteiger partial charge >= 0.3 is 0 Å². The summed E-state index contributed by atoms with van der Waals surface area (Å²) in [6.07, 6.45) is 14.3. The second-order valence-electron chi connectivity index (χ2n) is 9.23. The van der Waals surface area contributed by atoms with Gasteiger partial charge < -0.3 is 0 Å². The predicted octanol–water partition coefficient (Wildman–Crippen LogP) is 7.88. The standard InChI is InChI=1S/C28H34O/c1-3-28(29)25-15-13-24(14-16-25)27-18-17-26(19-20(27)2)23-11-9-22(10-12-23)21-7-5-4-6-8-21/h3,13-19,21-23H,1,4-12H2,2H3. The van der Waals surface area contributed by atoms with E-state index in [1.807, 2.05) is 24.3 Å². The lowest BCUT2D eigenvalue weighted by Crippen LogP contribution is -2.23. The van der Waals surface area contributed by atoms with Gasteiger partial charge in [-0.25, -0.2) is 0 Å². The van der Waals surface area contributed by atoms with Crippen molar-refractivity contribution in [3.63, 3.8) is 0 Å². The number of hydrogen-bond acceptors (Lipinski definition) is 1. The minimum absolute atomic E-state index is 0.0209. The molecule has 0 N–H and O–H groups in total. The Bertz CT molecular complexity index is 846. The Morgan fingerprint density at radius 2 is 1.52 bits per heavy atom. The highest BCUT2D eigenvalue weighted by molar-refractivity contribution is 6.04. The van der Waals surface area contributed by atoms with Crippen molar-refractivity contribution in [1.82, 2.24) is 0 Å². The van der Waals surface area contributed by atoms with Crippen LogP contribution in [-0.4, -0.2) is 5.78 Å². The fourth-order valence-electron chi connectivity index (χ4n) is 5.73. The van der Waals surface area contributed by atoms with Crippen LogP contribution >= 0.6 is 0 Å². The molecule has 2 aromatic rings. The molecule has 1 heteroatoms. The number of carbonyl (C=O) groups excluding carboxylic acids is 1. The summed E-state index contributed by atoms with van der Waals surface area (Å²) in [6, 6.07) is 14.9. The van der Waals surface area contributed by atoms with Gasteiger partial charge in [-0.1, -0.05) is 81.1 Å². The fourth-order valence-corrected chi connectivity index (χ4v) is 5.73. The molecule has 2 aliphatic rings. The molecule has 0 bridgehead atoms. The van der Waals surface area contributed by atoms with Gasteiger partial charge in [-0.2, -0.15) is 0 Å². The third-order valence-corrected chi connectivity index (χ3v) is 7.48. The van der Waals surface area contributed by atoms with Gasteiger partial charge in [0.25, 0.3) is 0 Å². The van der Waals surface area contributed by atoms with Gasteiger partial charge in [0.2, 0.25) is 0 Å². The summed E-state index contributed by atoms with van der Waals surface area (Å²) in [4.78, 5) is 11.8. The van der Waals surface area contributed by atoms with Crippen molar-refractivity contribution in [2.75, 3.05) is 0 Å². The van der Waals surface area contributed by atoms with Crippen LogP contribution in [0.4, 0.5) is 0 Å². The summed E-state index contributed by atoms with van der Waals surface area (Å²) in [6.45, 7) is 5.78. The van der Waals surface area contributed by atoms with Crippen molar-refractivity contribution in [1.29, 1.82) is 0 Å². The van der Waals surface area contributed by atoms with Gasteiger partial charge in [-0.3, -0.25) is 4.79 Å². The highest BCUT2D eigenvalue weighted by atomic mass is 16.1. The Morgan fingerprint density at radius 3 is 2.14 bits per heavy atom. The molecule has 0 unspecified atom stereocenters. The summed E-state index contributed by atoms with van der Waals surface area (Å²) >= 11 is 0. The highest BCUT2D eigenvalue weighted by Crippen LogP contribution is 2.43. The monoisotopic (exact) mass is 386 g/mol. The van der Waals surface area contributed by atoms with E-state index in [0.717, 1.165) is 17.8 Å². The van der Waals surface area contributed by atoms with E-state index < -0.39 is 0 Å². The number of carbonyl (C=O) groups is 1. The van der Waals surface area contributed by atoms with Gasteiger partial charge in [-0.15, -0.1) is 0 Å². The van der Waals surface area contributed by atoms with E-state index in [9.17, 15) is 4.79 Å². The molecule has 0 aliphatic heterocycles. The highest BCUT2D eigenvalue weighted by Gasteiger charge is 2.29. The van der Waals surface area contributed by atoms with Crippen molar-refractivity contribution >= 4 is 5.78 Å². The molecule has 2 fully saturated rings. The summed E-state index contributed by atoms with van der Waals surface area (Å²) in [5, 5.41) is 0. The summed E-state index contributed by atoms with van der Waals surface area (Å²) < 4.78 is 0. The minimum atomic E-state index is -0.0209. The van der Waals surface area contributed by atoms with Crippen molar-refractivity contribution in [2.45, 2.75) is 70.6 Å². The zero-order valence-electron chi connectivity index (χ0n) is 17.8. The first-order chi connectivity index (χ1) is 14.2. The third-order valence-electron chi connectivity index (χ3n) is 7.48. The molecule has 2 saturated carbocycles. The third kappa shape index (κ3) is 4.55. The van der Waals surface area contributed by atoms with Crippen LogP contribution in [0.15, 0.2) is 55.1 Å². The first-order valence-electron chi connectivity index (χ1n) is 11.5. The number of allylic oxidation sites excluding steroid dienone is 1. The molecule has 0 aromatic heterocycles. The molecular formula is C28H34O. The number of benzene rings is 2. The van der Waals surface area contributed by atoms with Crippen molar-refractivity contribution < 1.29 is 4.79 Å². The van der Waals surface area contributed by atoms with Gasteiger partial charge in [0.1, 0.15) is 0 Å². The maximum atomic E-state index is 11.8. The van der Waals surface area contributed by atoms with Crippen LogP contribution in [0.3, 0.4) is 0 Å². The molecular weight excluding hydrogens is 352 g/mol. The van der Waals surface area contributed by atoms with E-state index in [-0.39, 0.29) is 5.78 Å². The zero-order chi connectivity index (χ0) is 20.2. The number of rotatable bonds is 5. The van der Waals surface area contributed by atoms with Gasteiger partial charge in [0.15, 0.2) is 5.78 Å². The Morgan fingerprint density at radius 1 is 0.862 bits per heavy atom. The molecule has 0 radical (unpaired) electrons. The second-order valence-corrected chi connectivity index (χ2v) is 9.23. The largest absolute Gasteiger partial charge is 0.289 e. The summed E-state index contributed by atoms with van der Waals surface area (Å²) in [5.41, 5.74) is 6.00. The molecule has 152 valence electrons. The first kappa shape index (κ1) is 20.1. The maximum absolute atomic E-state index is 11.8. The number of aryl methyl sites for hydroxylation is 1. The Kier molecular flexibility index (Phi) is 6.33. The van der Waals surface area contributed by atoms with Crippen molar-refractivity contribution in [2.24, 2.45) is 11.8 Å². The van der Waals surface area contributed by atoms with Gasteiger partial charge in [-0.05, 0) is 78.7 Å². The molecule has 0 saturated heterocycles. The molecule has 2 aromatic carbocycles. The normalized spacial score (nSPS) is 22.9. The first-order valence-corrected chi connectivity index (χ1v) is 11.5. The topological polar surface area (TPSA) is 17.1 Å². The Balaban J connectivity index is 1.42. The Labute approximate surface area is 176 Å². The molecule has 0 amide bonds. The van der Waals surface area contributed by atoms with Crippen LogP contribution in [0.2, 0.25) is 0 Å². The molecule has 29 heavy (non-hydrogen) atoms. The number of hydrogen-bond donors (Lipinski definition) is 0. The Hall–Kier alpha value is -2.15. The van der Waals surface area contributed by atoms with E-state index in [1.165, 1.54) is 86.1 Å². The minimum Gasteiger partial charge on any atom is -0.289 e. The summed E-state index contributed by atoms with van der Waals surface area (Å²) in [7, 11) is 0. The van der Waals surface area contributed by atoms with E-state index in [1.54, 1.807) is 0 Å². The van der Waals surface area contributed by atoms with Crippen LogP contribution in [0.5, 0.6) is 0 Å². The predicted molar refractivity (Wildman–Crippen MR) is 122 cm³/mol. The molecule has 4 rings (SSSR count). The lowest BCUT2D eigenvalue weighted by molar-refractivity contribution is 0.104. The van der Waals surface area contributed by atoms with E-state index >= 15 is 0 Å². The fraction of sp³-hybridized carbons (Fsp3) is 0.464. The number of ketones is 1. The van der Waals surface area contributed by atoms with Crippen LogP contribution in [0.1, 0.15) is 85.2 Å². The molecule has 0 heterocycles. The van der Waals surface area contributed by atoms with E-state index in [2.05, 4.69) is 31.7 Å². The van der Waals surface area contributed by atoms with Crippen LogP contribution in [0, 0.1) is 18.8 Å². The smallest absolute Gasteiger partial charge is 0.185 e. The van der Waals surface area contributed by atoms with Crippen LogP contribution in [-0.2, 0) is 0 Å². The molecule has 0 atom stereocenters. The van der Waals surface area contributed by atoms with E-state index in [4.69, 9.17) is 0 Å².